The molecule has 0 bridgehead atoms. The highest BCUT2D eigenvalue weighted by Crippen LogP contribution is 2.15. The molecule has 8 nitrogen and oxygen atoms in total. The molecule has 4 N–H and O–H groups in total. The number of primary amides is 1. The lowest BCUT2D eigenvalue weighted by molar-refractivity contribution is -0.154. The number of nitrogens with two attached hydrogens (primary N) is 1. The van der Waals surface area contributed by atoms with E-state index in [2.05, 4.69) is 6.92 Å². The lowest BCUT2D eigenvalue weighted by Crippen LogP contribution is -2.47. The van der Waals surface area contributed by atoms with Crippen LogP contribution in [0.5, 0.6) is 0 Å². The summed E-state index contributed by atoms with van der Waals surface area (Å²) in [6, 6.07) is -1.44. The van der Waals surface area contributed by atoms with Crippen LogP contribution in [0.15, 0.2) is 0 Å². The minimum atomic E-state index is -1.44. The van der Waals surface area contributed by atoms with Crippen LogP contribution in [0.1, 0.15) is 129 Å². The molecule has 0 aromatic rings. The van der Waals surface area contributed by atoms with Crippen LogP contribution >= 0.6 is 0 Å². The predicted octanol–water partition coefficient (Wildman–Crippen LogP) is 5.27. The van der Waals surface area contributed by atoms with Crippen molar-refractivity contribution in [2.24, 2.45) is 5.73 Å². The molecule has 0 aliphatic rings. The molecular weight excluding hydrogens is 436 g/mol. The van der Waals surface area contributed by atoms with Gasteiger partial charge in [0.15, 0.2) is 0 Å². The summed E-state index contributed by atoms with van der Waals surface area (Å²) in [5.74, 6) is -3.84. The van der Waals surface area contributed by atoms with Crippen LogP contribution in [0.25, 0.3) is 0 Å². The van der Waals surface area contributed by atoms with Crippen molar-refractivity contribution >= 4 is 23.8 Å². The highest BCUT2D eigenvalue weighted by atomic mass is 16.4. The summed E-state index contributed by atoms with van der Waals surface area (Å²) < 4.78 is 0. The summed E-state index contributed by atoms with van der Waals surface area (Å²) in [5.41, 5.74) is 5.08. The van der Waals surface area contributed by atoms with Gasteiger partial charge in [-0.15, -0.1) is 0 Å². The van der Waals surface area contributed by atoms with Crippen molar-refractivity contribution in [3.8, 4) is 0 Å². The van der Waals surface area contributed by atoms with Crippen molar-refractivity contribution in [3.05, 3.63) is 0 Å². The largest absolute Gasteiger partial charge is 0.481 e. The van der Waals surface area contributed by atoms with Crippen LogP contribution in [0.2, 0.25) is 0 Å². The van der Waals surface area contributed by atoms with E-state index in [1.54, 1.807) is 0 Å². The summed E-state index contributed by atoms with van der Waals surface area (Å²) in [5, 5.41) is 18.4. The SMILES string of the molecule is CCCCCCCCCCCCCCCCCCN(C(=O)CCC(N)=O)C(CC(=O)O)C(=O)O. The third-order valence-corrected chi connectivity index (χ3v) is 6.19. The Morgan fingerprint density at radius 3 is 1.44 bits per heavy atom. The first kappa shape index (κ1) is 31.9. The highest BCUT2D eigenvalue weighted by molar-refractivity contribution is 5.88. The number of carboxylic acids is 2. The predicted molar refractivity (Wildman–Crippen MR) is 133 cm³/mol. The standard InChI is InChI=1S/C26H48N2O6/c1-2-3-4-5-6-7-8-9-10-11-12-13-14-15-16-17-20-28(24(30)19-18-23(27)29)22(26(33)34)21-25(31)32/h22H,2-21H2,1H3,(H2,27,29)(H,31,32)(H,33,34). The van der Waals surface area contributed by atoms with E-state index in [1.807, 2.05) is 0 Å². The normalized spacial score (nSPS) is 11.8. The van der Waals surface area contributed by atoms with Crippen LogP contribution in [0, 0.1) is 0 Å². The number of carbonyl (C=O) groups excluding carboxylic acids is 2. The van der Waals surface area contributed by atoms with Gasteiger partial charge in [-0.25, -0.2) is 4.79 Å². The van der Waals surface area contributed by atoms with Gasteiger partial charge >= 0.3 is 11.9 Å². The fraction of sp³-hybridized carbons (Fsp3) is 0.846. The molecule has 0 aliphatic heterocycles. The van der Waals surface area contributed by atoms with E-state index in [0.717, 1.165) is 24.2 Å². The smallest absolute Gasteiger partial charge is 0.327 e. The zero-order chi connectivity index (χ0) is 25.6. The summed E-state index contributed by atoms with van der Waals surface area (Å²) >= 11 is 0. The van der Waals surface area contributed by atoms with E-state index in [0.29, 0.717) is 6.42 Å². The van der Waals surface area contributed by atoms with Gasteiger partial charge in [-0.05, 0) is 6.42 Å². The summed E-state index contributed by atoms with van der Waals surface area (Å²) in [6.07, 6.45) is 18.3. The number of aliphatic carboxylic acids is 2. The average Bonchev–Trinajstić information content (AvgIpc) is 2.78. The monoisotopic (exact) mass is 484 g/mol. The summed E-state index contributed by atoms with van der Waals surface area (Å²) in [6.45, 7) is 2.41. The molecule has 0 radical (unpaired) electrons. The van der Waals surface area contributed by atoms with Crippen molar-refractivity contribution in [1.29, 1.82) is 0 Å². The van der Waals surface area contributed by atoms with Crippen molar-refractivity contribution in [2.75, 3.05) is 6.54 Å². The van der Waals surface area contributed by atoms with Gasteiger partial charge in [0.25, 0.3) is 0 Å². The number of hydrogen-bond acceptors (Lipinski definition) is 4. The molecule has 2 amide bonds. The molecular formula is C26H48N2O6. The Morgan fingerprint density at radius 2 is 1.09 bits per heavy atom. The zero-order valence-electron chi connectivity index (χ0n) is 21.3. The second kappa shape index (κ2) is 21.4. The van der Waals surface area contributed by atoms with Gasteiger partial charge < -0.3 is 20.8 Å². The fourth-order valence-electron chi connectivity index (χ4n) is 4.15. The van der Waals surface area contributed by atoms with Crippen LogP contribution in [-0.2, 0) is 19.2 Å². The van der Waals surface area contributed by atoms with Crippen LogP contribution in [-0.4, -0.2) is 51.5 Å². The quantitative estimate of drug-likeness (QED) is 0.160. The van der Waals surface area contributed by atoms with Gasteiger partial charge in [-0.2, -0.15) is 0 Å². The first-order valence-electron chi connectivity index (χ1n) is 13.3. The van der Waals surface area contributed by atoms with Crippen molar-refractivity contribution in [2.45, 2.75) is 135 Å². The van der Waals surface area contributed by atoms with Gasteiger partial charge in [-0.1, -0.05) is 103 Å². The molecule has 0 heterocycles. The fourth-order valence-corrected chi connectivity index (χ4v) is 4.15. The third-order valence-electron chi connectivity index (χ3n) is 6.19. The molecule has 0 saturated heterocycles. The number of hydrogen-bond donors (Lipinski definition) is 3. The van der Waals surface area contributed by atoms with E-state index in [9.17, 15) is 24.3 Å². The Bertz CT molecular complexity index is 582. The molecule has 0 rings (SSSR count). The van der Waals surface area contributed by atoms with E-state index in [4.69, 9.17) is 10.8 Å². The van der Waals surface area contributed by atoms with E-state index >= 15 is 0 Å². The molecule has 0 saturated carbocycles. The third kappa shape index (κ3) is 18.3. The molecule has 34 heavy (non-hydrogen) atoms. The second-order valence-electron chi connectivity index (χ2n) is 9.31. The molecule has 0 aromatic heterocycles. The van der Waals surface area contributed by atoms with Gasteiger partial charge in [0, 0.05) is 19.4 Å². The van der Waals surface area contributed by atoms with Crippen molar-refractivity contribution in [3.63, 3.8) is 0 Å². The number of carbonyl (C=O) groups is 4. The summed E-state index contributed by atoms with van der Waals surface area (Å²) in [7, 11) is 0. The number of amides is 2. The molecule has 0 fully saturated rings. The Labute approximate surface area is 205 Å². The van der Waals surface area contributed by atoms with Crippen molar-refractivity contribution in [1.82, 2.24) is 4.90 Å². The molecule has 0 aromatic carbocycles. The lowest BCUT2D eigenvalue weighted by Gasteiger charge is -2.28. The highest BCUT2D eigenvalue weighted by Gasteiger charge is 2.31. The van der Waals surface area contributed by atoms with Gasteiger partial charge in [-0.3, -0.25) is 14.4 Å². The maximum absolute atomic E-state index is 12.4. The first-order chi connectivity index (χ1) is 16.3. The van der Waals surface area contributed by atoms with Crippen molar-refractivity contribution < 1.29 is 29.4 Å². The van der Waals surface area contributed by atoms with Gasteiger partial charge in [0.05, 0.1) is 6.42 Å². The van der Waals surface area contributed by atoms with E-state index in [-0.39, 0.29) is 19.4 Å². The maximum Gasteiger partial charge on any atom is 0.327 e. The lowest BCUT2D eigenvalue weighted by atomic mass is 10.0. The Morgan fingerprint density at radius 1 is 0.676 bits per heavy atom. The van der Waals surface area contributed by atoms with Gasteiger partial charge in [0.2, 0.25) is 11.8 Å². The van der Waals surface area contributed by atoms with E-state index < -0.39 is 36.2 Å². The van der Waals surface area contributed by atoms with Crippen LogP contribution in [0.4, 0.5) is 0 Å². The number of rotatable bonds is 24. The minimum absolute atomic E-state index is 0.167. The zero-order valence-corrected chi connectivity index (χ0v) is 21.3. The molecule has 0 aliphatic carbocycles. The second-order valence-corrected chi connectivity index (χ2v) is 9.31. The van der Waals surface area contributed by atoms with Gasteiger partial charge in [0.1, 0.15) is 6.04 Å². The Kier molecular flexibility index (Phi) is 20.1. The molecule has 8 heteroatoms. The Balaban J connectivity index is 4.03. The summed E-state index contributed by atoms with van der Waals surface area (Å²) in [4.78, 5) is 47.1. The van der Waals surface area contributed by atoms with E-state index in [1.165, 1.54) is 77.0 Å². The molecule has 0 spiro atoms. The number of carboxylic acid groups (broad SMARTS) is 2. The molecule has 198 valence electrons. The average molecular weight is 485 g/mol. The Hall–Kier alpha value is -2.12. The topological polar surface area (TPSA) is 138 Å². The van der Waals surface area contributed by atoms with Crippen LogP contribution in [0.3, 0.4) is 0 Å². The molecule has 1 unspecified atom stereocenters. The minimum Gasteiger partial charge on any atom is -0.481 e. The maximum atomic E-state index is 12.4. The number of unbranched alkanes of at least 4 members (excludes halogenated alkanes) is 15. The molecule has 1 atom stereocenters. The first-order valence-corrected chi connectivity index (χ1v) is 13.3. The number of nitrogens with zero attached hydrogens (tertiary/aromatic N) is 1. The van der Waals surface area contributed by atoms with Crippen LogP contribution < -0.4 is 5.73 Å².